The van der Waals surface area contributed by atoms with E-state index in [1.807, 2.05) is 0 Å². The van der Waals surface area contributed by atoms with Crippen molar-refractivity contribution < 1.29 is 14.3 Å². The van der Waals surface area contributed by atoms with Crippen LogP contribution in [0.15, 0.2) is 0 Å². The molecular weight excluding hydrogens is 200 g/mol. The van der Waals surface area contributed by atoms with Gasteiger partial charge in [0.05, 0.1) is 6.61 Å². The van der Waals surface area contributed by atoms with E-state index in [1.54, 1.807) is 13.8 Å². The minimum Gasteiger partial charge on any atom is -0.463 e. The minimum atomic E-state index is -0.997. The predicted octanol–water partition coefficient (Wildman–Crippen LogP) is 1.31. The number of hydrogen-bond donors (Lipinski definition) is 0. The van der Waals surface area contributed by atoms with Crippen LogP contribution in [0.4, 0.5) is 0 Å². The molecular formula is C6H11BrO3. The summed E-state index contributed by atoms with van der Waals surface area (Å²) in [5, 5.41) is 0. The number of carbonyl (C=O) groups is 1. The van der Waals surface area contributed by atoms with Crippen molar-refractivity contribution in [2.75, 3.05) is 13.7 Å². The van der Waals surface area contributed by atoms with E-state index in [9.17, 15) is 4.79 Å². The molecule has 0 heterocycles. The van der Waals surface area contributed by atoms with Crippen LogP contribution in [0.1, 0.15) is 13.8 Å². The van der Waals surface area contributed by atoms with E-state index in [-0.39, 0.29) is 0 Å². The summed E-state index contributed by atoms with van der Waals surface area (Å²) in [6, 6.07) is 0. The molecule has 10 heavy (non-hydrogen) atoms. The van der Waals surface area contributed by atoms with Gasteiger partial charge in [0, 0.05) is 7.11 Å². The van der Waals surface area contributed by atoms with Crippen molar-refractivity contribution in [1.29, 1.82) is 0 Å². The number of hydrogen-bond acceptors (Lipinski definition) is 3. The number of esters is 1. The van der Waals surface area contributed by atoms with Crippen molar-refractivity contribution in [1.82, 2.24) is 0 Å². The van der Waals surface area contributed by atoms with Gasteiger partial charge in [-0.3, -0.25) is 0 Å². The van der Waals surface area contributed by atoms with Crippen LogP contribution in [0.3, 0.4) is 0 Å². The van der Waals surface area contributed by atoms with Gasteiger partial charge < -0.3 is 9.47 Å². The molecule has 0 aliphatic carbocycles. The SMILES string of the molecule is CCOC(=O)C(C)(Br)OC. The third kappa shape index (κ3) is 2.66. The highest BCUT2D eigenvalue weighted by Crippen LogP contribution is 2.19. The van der Waals surface area contributed by atoms with Gasteiger partial charge in [-0.1, -0.05) is 0 Å². The molecule has 0 N–H and O–H groups in total. The first kappa shape index (κ1) is 9.91. The summed E-state index contributed by atoms with van der Waals surface area (Å²) in [7, 11) is 1.44. The van der Waals surface area contributed by atoms with Gasteiger partial charge in [-0.25, -0.2) is 4.79 Å². The van der Waals surface area contributed by atoms with Crippen molar-refractivity contribution in [2.45, 2.75) is 18.4 Å². The molecule has 4 heteroatoms. The summed E-state index contributed by atoms with van der Waals surface area (Å²) in [5.41, 5.74) is 0. The molecule has 3 nitrogen and oxygen atoms in total. The zero-order valence-corrected chi connectivity index (χ0v) is 7.90. The molecule has 0 aliphatic heterocycles. The predicted molar refractivity (Wildman–Crippen MR) is 41.0 cm³/mol. The van der Waals surface area contributed by atoms with Crippen LogP contribution >= 0.6 is 15.9 Å². The maximum absolute atomic E-state index is 10.9. The molecule has 0 saturated heterocycles. The van der Waals surface area contributed by atoms with E-state index in [2.05, 4.69) is 20.7 Å². The van der Waals surface area contributed by atoms with Crippen LogP contribution in [0.2, 0.25) is 0 Å². The van der Waals surface area contributed by atoms with Crippen LogP contribution in [0, 0.1) is 0 Å². The average Bonchev–Trinajstić information content (AvgIpc) is 1.89. The second-order valence-electron chi connectivity index (χ2n) is 1.84. The van der Waals surface area contributed by atoms with Crippen molar-refractivity contribution in [3.05, 3.63) is 0 Å². The van der Waals surface area contributed by atoms with E-state index in [0.29, 0.717) is 6.61 Å². The number of halogens is 1. The van der Waals surface area contributed by atoms with E-state index < -0.39 is 10.5 Å². The smallest absolute Gasteiger partial charge is 0.349 e. The fourth-order valence-electron chi connectivity index (χ4n) is 0.343. The third-order valence-electron chi connectivity index (χ3n) is 1.02. The Bertz CT molecular complexity index is 122. The maximum atomic E-state index is 10.9. The highest BCUT2D eigenvalue weighted by molar-refractivity contribution is 9.10. The molecule has 0 saturated carbocycles. The first-order chi connectivity index (χ1) is 4.54. The molecule has 0 bridgehead atoms. The van der Waals surface area contributed by atoms with Crippen molar-refractivity contribution >= 4 is 21.9 Å². The van der Waals surface area contributed by atoms with Gasteiger partial charge in [0.15, 0.2) is 0 Å². The maximum Gasteiger partial charge on any atom is 0.349 e. The molecule has 1 unspecified atom stereocenters. The lowest BCUT2D eigenvalue weighted by molar-refractivity contribution is -0.156. The highest BCUT2D eigenvalue weighted by atomic mass is 79.9. The molecule has 0 amide bonds. The lowest BCUT2D eigenvalue weighted by Gasteiger charge is -2.17. The summed E-state index contributed by atoms with van der Waals surface area (Å²) in [4.78, 5) is 10.9. The van der Waals surface area contributed by atoms with Crippen molar-refractivity contribution in [3.8, 4) is 0 Å². The molecule has 60 valence electrons. The standard InChI is InChI=1S/C6H11BrO3/c1-4-10-5(8)6(2,7)9-3/h4H2,1-3H3. The summed E-state index contributed by atoms with van der Waals surface area (Å²) >= 11 is 3.05. The Labute approximate surface area is 68.8 Å². The number of methoxy groups -OCH3 is 1. The Morgan fingerprint density at radius 1 is 1.70 bits per heavy atom. The van der Waals surface area contributed by atoms with Crippen LogP contribution in [-0.4, -0.2) is 24.2 Å². The lowest BCUT2D eigenvalue weighted by atomic mass is 10.4. The van der Waals surface area contributed by atoms with Gasteiger partial charge in [0.25, 0.3) is 0 Å². The molecule has 0 rings (SSSR count). The number of ether oxygens (including phenoxy) is 2. The van der Waals surface area contributed by atoms with Gasteiger partial charge >= 0.3 is 5.97 Å². The van der Waals surface area contributed by atoms with Crippen LogP contribution in [0.5, 0.6) is 0 Å². The number of carbonyl (C=O) groups excluding carboxylic acids is 1. The van der Waals surface area contributed by atoms with Gasteiger partial charge in [-0.2, -0.15) is 0 Å². The van der Waals surface area contributed by atoms with Crippen LogP contribution in [0.25, 0.3) is 0 Å². The molecule has 0 aliphatic rings. The second-order valence-corrected chi connectivity index (χ2v) is 3.35. The molecule has 0 aromatic rings. The minimum absolute atomic E-state index is 0.364. The summed E-state index contributed by atoms with van der Waals surface area (Å²) in [5.74, 6) is -0.405. The topological polar surface area (TPSA) is 35.5 Å². The third-order valence-corrected chi connectivity index (χ3v) is 1.67. The fraction of sp³-hybridized carbons (Fsp3) is 0.833. The fourth-order valence-corrected chi connectivity index (χ4v) is 0.458. The monoisotopic (exact) mass is 210 g/mol. The Morgan fingerprint density at radius 2 is 2.20 bits per heavy atom. The van der Waals surface area contributed by atoms with Gasteiger partial charge in [0.2, 0.25) is 4.51 Å². The largest absolute Gasteiger partial charge is 0.463 e. The molecule has 0 fully saturated rings. The quantitative estimate of drug-likeness (QED) is 0.521. The van der Waals surface area contributed by atoms with E-state index >= 15 is 0 Å². The molecule has 1 atom stereocenters. The molecule has 0 aromatic carbocycles. The highest BCUT2D eigenvalue weighted by Gasteiger charge is 2.30. The zero-order chi connectivity index (χ0) is 8.20. The Hall–Kier alpha value is -0.0900. The summed E-state index contributed by atoms with van der Waals surface area (Å²) < 4.78 is 8.48. The first-order valence-electron chi connectivity index (χ1n) is 2.96. The van der Waals surface area contributed by atoms with Crippen molar-refractivity contribution in [3.63, 3.8) is 0 Å². The summed E-state index contributed by atoms with van der Waals surface area (Å²) in [6.07, 6.45) is 0. The normalized spacial score (nSPS) is 16.0. The first-order valence-corrected chi connectivity index (χ1v) is 3.75. The average molecular weight is 211 g/mol. The number of rotatable bonds is 3. The molecule has 0 spiro atoms. The van der Waals surface area contributed by atoms with Crippen LogP contribution < -0.4 is 0 Å². The van der Waals surface area contributed by atoms with Gasteiger partial charge in [0.1, 0.15) is 0 Å². The van der Waals surface area contributed by atoms with Gasteiger partial charge in [-0.15, -0.1) is 0 Å². The second kappa shape index (κ2) is 3.93. The Kier molecular flexibility index (Phi) is 3.89. The van der Waals surface area contributed by atoms with E-state index in [4.69, 9.17) is 4.74 Å². The molecule has 0 radical (unpaired) electrons. The van der Waals surface area contributed by atoms with Crippen molar-refractivity contribution in [2.24, 2.45) is 0 Å². The van der Waals surface area contributed by atoms with Gasteiger partial charge in [-0.05, 0) is 29.8 Å². The summed E-state index contributed by atoms with van der Waals surface area (Å²) in [6.45, 7) is 3.70. The zero-order valence-electron chi connectivity index (χ0n) is 6.31. The van der Waals surface area contributed by atoms with E-state index in [0.717, 1.165) is 0 Å². The Morgan fingerprint density at radius 3 is 2.50 bits per heavy atom. The lowest BCUT2D eigenvalue weighted by Crippen LogP contribution is -2.32. The Balaban J connectivity index is 3.91. The van der Waals surface area contributed by atoms with Crippen LogP contribution in [-0.2, 0) is 14.3 Å². The number of alkyl halides is 1. The van der Waals surface area contributed by atoms with E-state index in [1.165, 1.54) is 7.11 Å². The molecule has 0 aromatic heterocycles.